The molecule has 98 valence electrons. The summed E-state index contributed by atoms with van der Waals surface area (Å²) in [5, 5.41) is 13.3. The average Bonchev–Trinajstić information content (AvgIpc) is 2.76. The number of para-hydroxylation sites is 1. The highest BCUT2D eigenvalue weighted by Crippen LogP contribution is 2.27. The van der Waals surface area contributed by atoms with Gasteiger partial charge < -0.3 is 5.11 Å². The van der Waals surface area contributed by atoms with Crippen LogP contribution in [-0.2, 0) is 11.8 Å². The van der Waals surface area contributed by atoms with Crippen molar-refractivity contribution in [1.29, 1.82) is 0 Å². The number of carbonyl (C=O) groups excluding carboxylic acids is 1. The number of aromatic carboxylic acids is 1. The first-order valence-corrected chi connectivity index (χ1v) is 5.63. The third-order valence-corrected chi connectivity index (χ3v) is 2.62. The van der Waals surface area contributed by atoms with Crippen LogP contribution in [0.5, 0.6) is 0 Å². The lowest BCUT2D eigenvalue weighted by Gasteiger charge is -2.20. The molecule has 6 nitrogen and oxygen atoms in total. The summed E-state index contributed by atoms with van der Waals surface area (Å²) in [6.45, 7) is 1.37. The molecule has 1 amide bonds. The standard InChI is InChI=1S/C13H13N3O3/c1-9(17)16(12-7-8-15(2)14-12)11-6-4-3-5-10(11)13(18)19/h3-8H,1-2H3,(H,18,19). The first-order valence-electron chi connectivity index (χ1n) is 5.63. The molecule has 1 aromatic heterocycles. The Hall–Kier alpha value is -2.63. The number of carboxylic acids is 1. The molecular weight excluding hydrogens is 246 g/mol. The van der Waals surface area contributed by atoms with E-state index in [9.17, 15) is 14.7 Å². The summed E-state index contributed by atoms with van der Waals surface area (Å²) in [6, 6.07) is 7.99. The predicted molar refractivity (Wildman–Crippen MR) is 69.4 cm³/mol. The van der Waals surface area contributed by atoms with Crippen molar-refractivity contribution in [2.24, 2.45) is 7.05 Å². The molecule has 1 N–H and O–H groups in total. The molecule has 6 heteroatoms. The van der Waals surface area contributed by atoms with E-state index in [1.54, 1.807) is 42.2 Å². The van der Waals surface area contributed by atoms with Crippen LogP contribution in [0.25, 0.3) is 0 Å². The first kappa shape index (κ1) is 12.8. The van der Waals surface area contributed by atoms with E-state index < -0.39 is 5.97 Å². The third-order valence-electron chi connectivity index (χ3n) is 2.62. The number of hydrogen-bond acceptors (Lipinski definition) is 3. The second-order valence-electron chi connectivity index (χ2n) is 4.02. The Morgan fingerprint density at radius 3 is 2.47 bits per heavy atom. The number of nitrogens with zero attached hydrogens (tertiary/aromatic N) is 3. The van der Waals surface area contributed by atoms with Gasteiger partial charge in [-0.1, -0.05) is 12.1 Å². The predicted octanol–water partition coefficient (Wildman–Crippen LogP) is 1.80. The van der Waals surface area contributed by atoms with Crippen molar-refractivity contribution in [3.8, 4) is 0 Å². The van der Waals surface area contributed by atoms with Gasteiger partial charge in [0.2, 0.25) is 5.91 Å². The number of carboxylic acid groups (broad SMARTS) is 1. The fourth-order valence-electron chi connectivity index (χ4n) is 1.83. The Bertz CT molecular complexity index is 634. The smallest absolute Gasteiger partial charge is 0.337 e. The maximum Gasteiger partial charge on any atom is 0.337 e. The molecule has 0 spiro atoms. The van der Waals surface area contributed by atoms with E-state index in [0.717, 1.165) is 0 Å². The van der Waals surface area contributed by atoms with Crippen molar-refractivity contribution in [2.45, 2.75) is 6.92 Å². The van der Waals surface area contributed by atoms with Crippen molar-refractivity contribution < 1.29 is 14.7 Å². The molecule has 19 heavy (non-hydrogen) atoms. The number of anilines is 2. The molecular formula is C13H13N3O3. The molecule has 0 aliphatic rings. The number of aromatic nitrogens is 2. The molecule has 0 unspecified atom stereocenters. The van der Waals surface area contributed by atoms with Gasteiger partial charge in [0, 0.05) is 26.2 Å². The number of carbonyl (C=O) groups is 2. The van der Waals surface area contributed by atoms with Gasteiger partial charge in [-0.15, -0.1) is 0 Å². The Morgan fingerprint density at radius 1 is 1.26 bits per heavy atom. The van der Waals surface area contributed by atoms with Gasteiger partial charge in [0.25, 0.3) is 0 Å². The molecule has 0 fully saturated rings. The normalized spacial score (nSPS) is 10.2. The molecule has 2 aromatic rings. The van der Waals surface area contributed by atoms with Crippen LogP contribution in [0.1, 0.15) is 17.3 Å². The van der Waals surface area contributed by atoms with Crippen LogP contribution in [0, 0.1) is 0 Å². The molecule has 1 heterocycles. The van der Waals surface area contributed by atoms with E-state index in [0.29, 0.717) is 11.5 Å². The summed E-state index contributed by atoms with van der Waals surface area (Å²) >= 11 is 0. The molecule has 1 aromatic carbocycles. The Kier molecular flexibility index (Phi) is 3.33. The maximum absolute atomic E-state index is 11.8. The highest BCUT2D eigenvalue weighted by molar-refractivity contribution is 6.04. The average molecular weight is 259 g/mol. The van der Waals surface area contributed by atoms with Crippen LogP contribution in [0.4, 0.5) is 11.5 Å². The van der Waals surface area contributed by atoms with Crippen LogP contribution < -0.4 is 4.90 Å². The minimum atomic E-state index is -1.09. The molecule has 0 atom stereocenters. The van der Waals surface area contributed by atoms with E-state index in [2.05, 4.69) is 5.10 Å². The fourth-order valence-corrected chi connectivity index (χ4v) is 1.83. The lowest BCUT2D eigenvalue weighted by molar-refractivity contribution is -0.115. The SMILES string of the molecule is CC(=O)N(c1ccn(C)n1)c1ccccc1C(=O)O. The minimum absolute atomic E-state index is 0.0587. The van der Waals surface area contributed by atoms with Gasteiger partial charge in [-0.05, 0) is 12.1 Å². The second-order valence-corrected chi connectivity index (χ2v) is 4.02. The minimum Gasteiger partial charge on any atom is -0.478 e. The number of aryl methyl sites for hydroxylation is 1. The summed E-state index contributed by atoms with van der Waals surface area (Å²) in [6.07, 6.45) is 1.69. The monoisotopic (exact) mass is 259 g/mol. The highest BCUT2D eigenvalue weighted by Gasteiger charge is 2.21. The number of rotatable bonds is 3. The summed E-state index contributed by atoms with van der Waals surface area (Å²) < 4.78 is 1.55. The third kappa shape index (κ3) is 2.47. The molecule has 0 saturated heterocycles. The van der Waals surface area contributed by atoms with Gasteiger partial charge in [0.1, 0.15) is 0 Å². The van der Waals surface area contributed by atoms with Crippen molar-refractivity contribution in [3.05, 3.63) is 42.1 Å². The number of hydrogen-bond donors (Lipinski definition) is 1. The van der Waals surface area contributed by atoms with Crippen molar-refractivity contribution in [3.63, 3.8) is 0 Å². The van der Waals surface area contributed by atoms with Gasteiger partial charge in [0.15, 0.2) is 5.82 Å². The largest absolute Gasteiger partial charge is 0.478 e. The quantitative estimate of drug-likeness (QED) is 0.912. The van der Waals surface area contributed by atoms with Crippen LogP contribution in [0.3, 0.4) is 0 Å². The molecule has 2 rings (SSSR count). The lowest BCUT2D eigenvalue weighted by Crippen LogP contribution is -2.25. The van der Waals surface area contributed by atoms with E-state index in [1.807, 2.05) is 0 Å². The summed E-state index contributed by atoms with van der Waals surface area (Å²) in [5.74, 6) is -0.992. The van der Waals surface area contributed by atoms with E-state index >= 15 is 0 Å². The van der Waals surface area contributed by atoms with Crippen LogP contribution >= 0.6 is 0 Å². The van der Waals surface area contributed by atoms with Crippen molar-refractivity contribution in [2.75, 3.05) is 4.90 Å². The van der Waals surface area contributed by atoms with Gasteiger partial charge in [0.05, 0.1) is 11.3 Å². The topological polar surface area (TPSA) is 75.4 Å². The maximum atomic E-state index is 11.8. The van der Waals surface area contributed by atoms with E-state index in [1.165, 1.54) is 17.9 Å². The van der Waals surface area contributed by atoms with Crippen LogP contribution in [0.15, 0.2) is 36.5 Å². The highest BCUT2D eigenvalue weighted by atomic mass is 16.4. The van der Waals surface area contributed by atoms with Crippen molar-refractivity contribution >= 4 is 23.4 Å². The molecule has 0 bridgehead atoms. The van der Waals surface area contributed by atoms with E-state index in [4.69, 9.17) is 0 Å². The van der Waals surface area contributed by atoms with Gasteiger partial charge in [-0.25, -0.2) is 4.79 Å². The van der Waals surface area contributed by atoms with Gasteiger partial charge in [-0.3, -0.25) is 14.4 Å². The van der Waals surface area contributed by atoms with Gasteiger partial charge in [-0.2, -0.15) is 5.10 Å². The van der Waals surface area contributed by atoms with E-state index in [-0.39, 0.29) is 11.5 Å². The molecule has 0 saturated carbocycles. The molecule has 0 aliphatic carbocycles. The number of benzene rings is 1. The Morgan fingerprint density at radius 2 is 1.95 bits per heavy atom. The van der Waals surface area contributed by atoms with Crippen LogP contribution in [-0.4, -0.2) is 26.8 Å². The Balaban J connectivity index is 2.58. The zero-order valence-corrected chi connectivity index (χ0v) is 10.6. The fraction of sp³-hybridized carbons (Fsp3) is 0.154. The first-order chi connectivity index (χ1) is 9.00. The number of amides is 1. The van der Waals surface area contributed by atoms with Gasteiger partial charge >= 0.3 is 5.97 Å². The molecule has 0 radical (unpaired) electrons. The van der Waals surface area contributed by atoms with Crippen LogP contribution in [0.2, 0.25) is 0 Å². The summed E-state index contributed by atoms with van der Waals surface area (Å²) in [7, 11) is 1.73. The lowest BCUT2D eigenvalue weighted by atomic mass is 10.1. The Labute approximate surface area is 109 Å². The summed E-state index contributed by atoms with van der Waals surface area (Å²) in [5.41, 5.74) is 0.365. The zero-order chi connectivity index (χ0) is 14.0. The summed E-state index contributed by atoms with van der Waals surface area (Å²) in [4.78, 5) is 24.3. The van der Waals surface area contributed by atoms with Crippen molar-refractivity contribution in [1.82, 2.24) is 9.78 Å². The second kappa shape index (κ2) is 4.93. The zero-order valence-electron chi connectivity index (χ0n) is 10.6. The molecule has 0 aliphatic heterocycles.